The Morgan fingerprint density at radius 1 is 1.47 bits per heavy atom. The molecule has 1 aromatic carbocycles. The van der Waals surface area contributed by atoms with Gasteiger partial charge in [0.15, 0.2) is 0 Å². The largest absolute Gasteiger partial charge is 0.398 e. The van der Waals surface area contributed by atoms with Crippen molar-refractivity contribution in [1.82, 2.24) is 10.2 Å². The number of benzene rings is 1. The van der Waals surface area contributed by atoms with E-state index >= 15 is 0 Å². The van der Waals surface area contributed by atoms with Crippen molar-refractivity contribution in [3.8, 4) is 0 Å². The zero-order chi connectivity index (χ0) is 14.0. The van der Waals surface area contributed by atoms with E-state index in [1.807, 2.05) is 6.92 Å². The first-order valence-electron chi connectivity index (χ1n) is 5.54. The average Bonchev–Trinajstić information content (AvgIpc) is 2.79. The summed E-state index contributed by atoms with van der Waals surface area (Å²) in [6.45, 7) is 1.92. The molecule has 6 nitrogen and oxygen atoms in total. The summed E-state index contributed by atoms with van der Waals surface area (Å²) in [6, 6.07) is 4.47. The quantitative estimate of drug-likeness (QED) is 0.739. The molecule has 0 aliphatic rings. The van der Waals surface area contributed by atoms with Crippen LogP contribution in [-0.4, -0.2) is 18.6 Å². The number of nitrogens with zero attached hydrogens (tertiary/aromatic N) is 1. The molecule has 2 aromatic rings. The lowest BCUT2D eigenvalue weighted by molar-refractivity contribution is 0.601. The molecule has 0 saturated carbocycles. The Balaban J connectivity index is 2.35. The minimum atomic E-state index is -3.68. The van der Waals surface area contributed by atoms with Gasteiger partial charge in [0.2, 0.25) is 0 Å². The van der Waals surface area contributed by atoms with Crippen molar-refractivity contribution in [2.45, 2.75) is 18.2 Å². The number of rotatable bonds is 4. The molecule has 0 radical (unpaired) electrons. The molecule has 0 bridgehead atoms. The lowest BCUT2D eigenvalue weighted by Gasteiger charge is -2.08. The van der Waals surface area contributed by atoms with E-state index in [2.05, 4.69) is 30.8 Å². The van der Waals surface area contributed by atoms with E-state index in [-0.39, 0.29) is 4.90 Å². The summed E-state index contributed by atoms with van der Waals surface area (Å²) in [7, 11) is -3.68. The highest BCUT2D eigenvalue weighted by atomic mass is 79.9. The van der Waals surface area contributed by atoms with Gasteiger partial charge in [-0.25, -0.2) is 8.42 Å². The highest BCUT2D eigenvalue weighted by molar-refractivity contribution is 9.10. The highest BCUT2D eigenvalue weighted by Gasteiger charge is 2.17. The Morgan fingerprint density at radius 2 is 2.21 bits per heavy atom. The molecule has 2 rings (SSSR count). The van der Waals surface area contributed by atoms with E-state index in [9.17, 15) is 8.42 Å². The molecule has 0 spiro atoms. The standard InChI is InChI=1S/C11H13BrN4O2S/c1-2-7-6-14-15-11(7)16-19(17,18)8-3-4-9(12)10(13)5-8/h3-6H,2,13H2,1H3,(H2,14,15,16). The molecule has 0 aliphatic heterocycles. The van der Waals surface area contributed by atoms with Gasteiger partial charge < -0.3 is 5.73 Å². The lowest BCUT2D eigenvalue weighted by atomic mass is 10.3. The Kier molecular flexibility index (Phi) is 3.81. The maximum absolute atomic E-state index is 12.2. The number of aryl methyl sites for hydroxylation is 1. The first-order chi connectivity index (χ1) is 8.94. The van der Waals surface area contributed by atoms with Crippen molar-refractivity contribution in [3.63, 3.8) is 0 Å². The van der Waals surface area contributed by atoms with Crippen LogP contribution in [0.2, 0.25) is 0 Å². The Morgan fingerprint density at radius 3 is 2.84 bits per heavy atom. The fraction of sp³-hybridized carbons (Fsp3) is 0.182. The van der Waals surface area contributed by atoms with E-state index in [0.29, 0.717) is 22.4 Å². The van der Waals surface area contributed by atoms with Crippen LogP contribution in [0.1, 0.15) is 12.5 Å². The number of nitrogens with two attached hydrogens (primary N) is 1. The van der Waals surface area contributed by atoms with Crippen LogP contribution in [0.3, 0.4) is 0 Å². The van der Waals surface area contributed by atoms with E-state index in [1.165, 1.54) is 12.1 Å². The molecule has 4 N–H and O–H groups in total. The van der Waals surface area contributed by atoms with Crippen molar-refractivity contribution >= 4 is 37.5 Å². The van der Waals surface area contributed by atoms with Gasteiger partial charge >= 0.3 is 0 Å². The number of halogens is 1. The van der Waals surface area contributed by atoms with E-state index in [4.69, 9.17) is 5.73 Å². The molecule has 0 aliphatic carbocycles. The van der Waals surface area contributed by atoms with Gasteiger partial charge in [0.05, 0.1) is 11.1 Å². The summed E-state index contributed by atoms with van der Waals surface area (Å²) in [5, 5.41) is 6.45. The van der Waals surface area contributed by atoms with Gasteiger partial charge in [0.25, 0.3) is 10.0 Å². The molecule has 102 valence electrons. The van der Waals surface area contributed by atoms with Crippen molar-refractivity contribution in [3.05, 3.63) is 34.4 Å². The number of aromatic nitrogens is 2. The van der Waals surface area contributed by atoms with Crippen molar-refractivity contribution in [1.29, 1.82) is 0 Å². The molecule has 0 fully saturated rings. The molecular weight excluding hydrogens is 332 g/mol. The van der Waals surface area contributed by atoms with Gasteiger partial charge in [-0.15, -0.1) is 0 Å². The third-order valence-corrected chi connectivity index (χ3v) is 4.68. The SMILES string of the molecule is CCc1cn[nH]c1NS(=O)(=O)c1ccc(Br)c(N)c1. The summed E-state index contributed by atoms with van der Waals surface area (Å²) in [5.41, 5.74) is 6.85. The average molecular weight is 345 g/mol. The highest BCUT2D eigenvalue weighted by Crippen LogP contribution is 2.24. The number of H-pyrrole nitrogens is 1. The molecular formula is C11H13BrN4O2S. The lowest BCUT2D eigenvalue weighted by Crippen LogP contribution is -2.14. The van der Waals surface area contributed by atoms with E-state index < -0.39 is 10.0 Å². The smallest absolute Gasteiger partial charge is 0.263 e. The van der Waals surface area contributed by atoms with Crippen LogP contribution in [-0.2, 0) is 16.4 Å². The molecule has 0 atom stereocenters. The van der Waals surface area contributed by atoms with Gasteiger partial charge in [0, 0.05) is 15.7 Å². The van der Waals surface area contributed by atoms with Crippen LogP contribution < -0.4 is 10.5 Å². The van der Waals surface area contributed by atoms with Crippen LogP contribution in [0.15, 0.2) is 33.8 Å². The summed E-state index contributed by atoms with van der Waals surface area (Å²) >= 11 is 3.22. The third kappa shape index (κ3) is 2.90. The van der Waals surface area contributed by atoms with E-state index in [0.717, 1.165) is 5.56 Å². The molecule has 0 unspecified atom stereocenters. The van der Waals surface area contributed by atoms with E-state index in [1.54, 1.807) is 12.3 Å². The third-order valence-electron chi connectivity index (χ3n) is 2.61. The summed E-state index contributed by atoms with van der Waals surface area (Å²) in [4.78, 5) is 0.102. The summed E-state index contributed by atoms with van der Waals surface area (Å²) < 4.78 is 27.5. The molecule has 8 heteroatoms. The second kappa shape index (κ2) is 5.22. The van der Waals surface area contributed by atoms with Gasteiger partial charge in [-0.05, 0) is 40.5 Å². The Labute approximate surface area is 119 Å². The van der Waals surface area contributed by atoms with Crippen LogP contribution >= 0.6 is 15.9 Å². The van der Waals surface area contributed by atoms with Gasteiger partial charge in [-0.2, -0.15) is 5.10 Å². The number of aromatic amines is 1. The maximum Gasteiger partial charge on any atom is 0.263 e. The first kappa shape index (κ1) is 13.9. The number of hydrogen-bond donors (Lipinski definition) is 3. The molecule has 1 heterocycles. The van der Waals surface area contributed by atoms with Crippen molar-refractivity contribution in [2.75, 3.05) is 10.5 Å². The van der Waals surface area contributed by atoms with Crippen LogP contribution in [0.5, 0.6) is 0 Å². The van der Waals surface area contributed by atoms with Crippen LogP contribution in [0.25, 0.3) is 0 Å². The number of nitrogens with one attached hydrogen (secondary N) is 2. The maximum atomic E-state index is 12.2. The fourth-order valence-corrected chi connectivity index (χ4v) is 2.89. The zero-order valence-electron chi connectivity index (χ0n) is 10.1. The van der Waals surface area contributed by atoms with Crippen molar-refractivity contribution in [2.24, 2.45) is 0 Å². The molecule has 0 saturated heterocycles. The minimum Gasteiger partial charge on any atom is -0.398 e. The number of anilines is 2. The first-order valence-corrected chi connectivity index (χ1v) is 7.81. The molecule has 0 amide bonds. The molecule has 19 heavy (non-hydrogen) atoms. The number of hydrogen-bond acceptors (Lipinski definition) is 4. The zero-order valence-corrected chi connectivity index (χ0v) is 12.5. The predicted octanol–water partition coefficient (Wildman–Crippen LogP) is 2.12. The van der Waals surface area contributed by atoms with Gasteiger partial charge in [0.1, 0.15) is 5.82 Å². The Hall–Kier alpha value is -1.54. The normalized spacial score (nSPS) is 11.5. The van der Waals surface area contributed by atoms with Gasteiger partial charge in [-0.1, -0.05) is 6.92 Å². The topological polar surface area (TPSA) is 101 Å². The Bertz CT molecular complexity index is 696. The number of sulfonamides is 1. The van der Waals surface area contributed by atoms with Crippen LogP contribution in [0.4, 0.5) is 11.5 Å². The van der Waals surface area contributed by atoms with Crippen molar-refractivity contribution < 1.29 is 8.42 Å². The minimum absolute atomic E-state index is 0.102. The second-order valence-electron chi connectivity index (χ2n) is 3.91. The second-order valence-corrected chi connectivity index (χ2v) is 6.45. The number of nitrogen functional groups attached to an aromatic ring is 1. The predicted molar refractivity (Wildman–Crippen MR) is 77.3 cm³/mol. The summed E-state index contributed by atoms with van der Waals surface area (Å²) in [5.74, 6) is 0.379. The fourth-order valence-electron chi connectivity index (χ4n) is 1.55. The molecule has 1 aromatic heterocycles. The van der Waals surface area contributed by atoms with Gasteiger partial charge in [-0.3, -0.25) is 9.82 Å². The van der Waals surface area contributed by atoms with Crippen LogP contribution in [0, 0.1) is 0 Å². The summed E-state index contributed by atoms with van der Waals surface area (Å²) in [6.07, 6.45) is 2.27. The monoisotopic (exact) mass is 344 g/mol.